The Morgan fingerprint density at radius 2 is 2.06 bits per heavy atom. The SMILES string of the molecule is O=C(NC1CCOCC1)c1ccc2c(c1)sc1nc(-c3ccc(N4CCNC5(CC5)C4)cc3F)cn12. The highest BCUT2D eigenvalue weighted by Gasteiger charge is 2.45. The summed E-state index contributed by atoms with van der Waals surface area (Å²) in [7, 11) is 0. The number of amides is 1. The monoisotopic (exact) mass is 505 g/mol. The summed E-state index contributed by atoms with van der Waals surface area (Å²) in [6, 6.07) is 11.4. The summed E-state index contributed by atoms with van der Waals surface area (Å²) in [6.07, 6.45) is 5.98. The summed E-state index contributed by atoms with van der Waals surface area (Å²) in [4.78, 5) is 20.5. The molecule has 1 amide bonds. The Kier molecular flexibility index (Phi) is 5.27. The maximum Gasteiger partial charge on any atom is 0.251 e. The van der Waals surface area contributed by atoms with Gasteiger partial charge < -0.3 is 20.3 Å². The van der Waals surface area contributed by atoms with Crippen LogP contribution in [0.1, 0.15) is 36.0 Å². The molecule has 2 saturated heterocycles. The highest BCUT2D eigenvalue weighted by Crippen LogP contribution is 2.39. The van der Waals surface area contributed by atoms with Crippen LogP contribution in [0.25, 0.3) is 26.4 Å². The molecule has 7 rings (SSSR count). The average Bonchev–Trinajstić information content (AvgIpc) is 3.35. The Labute approximate surface area is 212 Å². The quantitative estimate of drug-likeness (QED) is 0.435. The summed E-state index contributed by atoms with van der Waals surface area (Å²) < 4.78 is 23.6. The molecule has 186 valence electrons. The molecule has 4 aromatic rings. The Hall–Kier alpha value is -3.01. The second kappa shape index (κ2) is 8.54. The molecule has 7 nitrogen and oxygen atoms in total. The van der Waals surface area contributed by atoms with Gasteiger partial charge in [0, 0.05) is 67.4 Å². The number of ether oxygens (including phenoxy) is 1. The van der Waals surface area contributed by atoms with Crippen LogP contribution >= 0.6 is 11.3 Å². The Balaban J connectivity index is 1.13. The van der Waals surface area contributed by atoms with Gasteiger partial charge in [-0.05, 0) is 62.1 Å². The predicted octanol–water partition coefficient (Wildman–Crippen LogP) is 4.21. The van der Waals surface area contributed by atoms with Gasteiger partial charge in [-0.1, -0.05) is 11.3 Å². The standard InChI is InChI=1S/C27H28FN5O2S/c28-21-14-19(32-10-9-29-27(16-32)7-8-27)2-3-20(21)22-15-33-23-4-1-17(13-24(23)36-26(33)31-22)25(34)30-18-5-11-35-12-6-18/h1-4,13-15,18,29H,5-12,16H2,(H,30,34). The first kappa shape index (κ1) is 22.2. The number of rotatable bonds is 4. The van der Waals surface area contributed by atoms with E-state index in [1.165, 1.54) is 24.2 Å². The molecule has 0 unspecified atom stereocenters. The smallest absolute Gasteiger partial charge is 0.251 e. The molecule has 0 bridgehead atoms. The van der Waals surface area contributed by atoms with Crippen LogP contribution in [0.5, 0.6) is 0 Å². The summed E-state index contributed by atoms with van der Waals surface area (Å²) in [5.74, 6) is -0.312. The first-order valence-electron chi connectivity index (χ1n) is 12.7. The van der Waals surface area contributed by atoms with E-state index in [0.717, 1.165) is 53.3 Å². The van der Waals surface area contributed by atoms with Crippen molar-refractivity contribution < 1.29 is 13.9 Å². The third-order valence-electron chi connectivity index (χ3n) is 7.74. The van der Waals surface area contributed by atoms with Crippen molar-refractivity contribution in [3.63, 3.8) is 0 Å². The highest BCUT2D eigenvalue weighted by molar-refractivity contribution is 7.23. The molecular weight excluding hydrogens is 477 g/mol. The molecule has 9 heteroatoms. The highest BCUT2D eigenvalue weighted by atomic mass is 32.1. The molecule has 2 aliphatic heterocycles. The van der Waals surface area contributed by atoms with Crippen molar-refractivity contribution in [2.75, 3.05) is 37.7 Å². The number of aromatic nitrogens is 2. The van der Waals surface area contributed by atoms with E-state index >= 15 is 4.39 Å². The zero-order valence-corrected chi connectivity index (χ0v) is 20.7. The number of halogens is 1. The average molecular weight is 506 g/mol. The maximum absolute atomic E-state index is 15.2. The zero-order chi connectivity index (χ0) is 24.3. The van der Waals surface area contributed by atoms with Gasteiger partial charge >= 0.3 is 0 Å². The van der Waals surface area contributed by atoms with E-state index in [4.69, 9.17) is 9.72 Å². The Morgan fingerprint density at radius 1 is 1.19 bits per heavy atom. The molecule has 0 atom stereocenters. The predicted molar refractivity (Wildman–Crippen MR) is 139 cm³/mol. The fraction of sp³-hybridized carbons (Fsp3) is 0.407. The summed E-state index contributed by atoms with van der Waals surface area (Å²) in [5.41, 5.74) is 3.90. The van der Waals surface area contributed by atoms with Gasteiger partial charge in [0.05, 0.1) is 15.9 Å². The van der Waals surface area contributed by atoms with Crippen molar-refractivity contribution in [2.45, 2.75) is 37.3 Å². The molecule has 1 aliphatic carbocycles. The number of thiazole rings is 1. The van der Waals surface area contributed by atoms with Crippen molar-refractivity contribution >= 4 is 38.1 Å². The van der Waals surface area contributed by atoms with Crippen LogP contribution in [-0.2, 0) is 4.74 Å². The van der Waals surface area contributed by atoms with Crippen LogP contribution in [0.3, 0.4) is 0 Å². The molecular formula is C27H28FN5O2S. The van der Waals surface area contributed by atoms with E-state index < -0.39 is 0 Å². The van der Waals surface area contributed by atoms with Crippen LogP contribution in [0.15, 0.2) is 42.6 Å². The Morgan fingerprint density at radius 3 is 2.86 bits per heavy atom. The minimum absolute atomic E-state index is 0.0604. The minimum atomic E-state index is -0.252. The fourth-order valence-electron chi connectivity index (χ4n) is 5.45. The van der Waals surface area contributed by atoms with Gasteiger partial charge in [0.1, 0.15) is 5.82 Å². The number of nitrogens with zero attached hydrogens (tertiary/aromatic N) is 3. The number of anilines is 1. The normalized spacial score (nSPS) is 19.9. The van der Waals surface area contributed by atoms with Crippen LogP contribution in [0.2, 0.25) is 0 Å². The van der Waals surface area contributed by atoms with Crippen molar-refractivity contribution in [2.24, 2.45) is 0 Å². The molecule has 2 aromatic carbocycles. The first-order chi connectivity index (χ1) is 17.6. The maximum atomic E-state index is 15.2. The van der Waals surface area contributed by atoms with Crippen molar-refractivity contribution in [1.29, 1.82) is 0 Å². The minimum Gasteiger partial charge on any atom is -0.381 e. The van der Waals surface area contributed by atoms with E-state index in [2.05, 4.69) is 15.5 Å². The van der Waals surface area contributed by atoms with E-state index in [-0.39, 0.29) is 23.3 Å². The lowest BCUT2D eigenvalue weighted by atomic mass is 10.1. The van der Waals surface area contributed by atoms with E-state index in [1.54, 1.807) is 6.07 Å². The number of nitrogens with one attached hydrogen (secondary N) is 2. The largest absolute Gasteiger partial charge is 0.381 e. The summed E-state index contributed by atoms with van der Waals surface area (Å²) in [6.45, 7) is 4.14. The second-order valence-corrected chi connectivity index (χ2v) is 11.2. The third-order valence-corrected chi connectivity index (χ3v) is 8.75. The summed E-state index contributed by atoms with van der Waals surface area (Å²) in [5, 5.41) is 6.72. The third kappa shape index (κ3) is 3.95. The van der Waals surface area contributed by atoms with E-state index in [1.807, 2.05) is 40.9 Å². The number of hydrogen-bond donors (Lipinski definition) is 2. The number of carbonyl (C=O) groups excluding carboxylic acids is 1. The lowest BCUT2D eigenvalue weighted by molar-refractivity contribution is 0.0696. The first-order valence-corrected chi connectivity index (χ1v) is 13.5. The number of fused-ring (bicyclic) bond motifs is 3. The molecule has 4 heterocycles. The number of hydrogen-bond acceptors (Lipinski definition) is 6. The molecule has 1 saturated carbocycles. The van der Waals surface area contributed by atoms with Gasteiger partial charge in [0.2, 0.25) is 0 Å². The zero-order valence-electron chi connectivity index (χ0n) is 19.9. The van der Waals surface area contributed by atoms with Crippen LogP contribution in [0, 0.1) is 5.82 Å². The number of benzene rings is 2. The van der Waals surface area contributed by atoms with Crippen LogP contribution < -0.4 is 15.5 Å². The number of piperazine rings is 1. The van der Waals surface area contributed by atoms with E-state index in [9.17, 15) is 4.79 Å². The fourth-order valence-corrected chi connectivity index (χ4v) is 6.50. The van der Waals surface area contributed by atoms with Gasteiger partial charge in [-0.15, -0.1) is 0 Å². The lowest BCUT2D eigenvalue weighted by Gasteiger charge is -2.35. The van der Waals surface area contributed by atoms with Gasteiger partial charge in [-0.2, -0.15) is 0 Å². The molecule has 2 aromatic heterocycles. The van der Waals surface area contributed by atoms with Crippen LogP contribution in [0.4, 0.5) is 10.1 Å². The second-order valence-electron chi connectivity index (χ2n) is 10.2. The lowest BCUT2D eigenvalue weighted by Crippen LogP contribution is -2.52. The molecule has 3 aliphatic rings. The molecule has 3 fully saturated rings. The number of imidazole rings is 1. The van der Waals surface area contributed by atoms with Crippen molar-refractivity contribution in [3.8, 4) is 11.3 Å². The molecule has 1 spiro atoms. The topological polar surface area (TPSA) is 70.9 Å². The van der Waals surface area contributed by atoms with Gasteiger partial charge in [-0.3, -0.25) is 9.20 Å². The van der Waals surface area contributed by atoms with Gasteiger partial charge in [-0.25, -0.2) is 9.37 Å². The summed E-state index contributed by atoms with van der Waals surface area (Å²) >= 11 is 1.51. The van der Waals surface area contributed by atoms with Gasteiger partial charge in [0.25, 0.3) is 5.91 Å². The molecule has 0 radical (unpaired) electrons. The molecule has 36 heavy (non-hydrogen) atoms. The van der Waals surface area contributed by atoms with Gasteiger partial charge in [0.15, 0.2) is 4.96 Å². The van der Waals surface area contributed by atoms with Crippen molar-refractivity contribution in [1.82, 2.24) is 20.0 Å². The van der Waals surface area contributed by atoms with Crippen LogP contribution in [-0.4, -0.2) is 59.7 Å². The molecule has 2 N–H and O–H groups in total. The van der Waals surface area contributed by atoms with E-state index in [0.29, 0.717) is 30.0 Å². The number of carbonyl (C=O) groups is 1. The Bertz CT molecular complexity index is 1470. The van der Waals surface area contributed by atoms with Crippen molar-refractivity contribution in [3.05, 3.63) is 54.0 Å².